The summed E-state index contributed by atoms with van der Waals surface area (Å²) in [6.07, 6.45) is 6.43. The van der Waals surface area contributed by atoms with Crippen molar-refractivity contribution in [2.24, 2.45) is 8.73 Å². The van der Waals surface area contributed by atoms with Crippen LogP contribution in [0.4, 0.5) is 29.1 Å². The van der Waals surface area contributed by atoms with Crippen LogP contribution < -0.4 is 15.5 Å². The van der Waals surface area contributed by atoms with Crippen molar-refractivity contribution in [3.63, 3.8) is 0 Å². The standard InChI is InChI=1S/C37H48N12O4S2/c1-23(2)36-40-28-16-26(8-10-29(28)49(36)37-42-32(45-54(5,6)50)18-34(44-37)48-13-15-53-21-25(48)4)22-55(7,51)46-31-17-33(47-12-14-52-20-24(47)3)43-35(41-31)27-9-11-30(38)39-19-27/h8-11,16-19,23-25H,12-15,20-22H2,1-7H3,(H2,38,39)/t24-,25-,55?/m1/s1. The molecule has 1 unspecified atom stereocenters. The van der Waals surface area contributed by atoms with Crippen LogP contribution >= 0.6 is 0 Å². The Morgan fingerprint density at radius 1 is 0.836 bits per heavy atom. The zero-order valence-corrected chi connectivity index (χ0v) is 33.9. The van der Waals surface area contributed by atoms with Crippen molar-refractivity contribution in [1.29, 1.82) is 0 Å². The average molecular weight is 789 g/mol. The van der Waals surface area contributed by atoms with Gasteiger partial charge in [-0.25, -0.2) is 28.4 Å². The highest BCUT2D eigenvalue weighted by atomic mass is 32.2. The van der Waals surface area contributed by atoms with Crippen LogP contribution in [0, 0.1) is 0 Å². The zero-order valence-electron chi connectivity index (χ0n) is 32.2. The number of morpholine rings is 2. The lowest BCUT2D eigenvalue weighted by atomic mass is 10.2. The average Bonchev–Trinajstić information content (AvgIpc) is 3.50. The topological polar surface area (TPSA) is 192 Å². The molecule has 2 aliphatic heterocycles. The van der Waals surface area contributed by atoms with Gasteiger partial charge in [0.1, 0.15) is 23.3 Å². The van der Waals surface area contributed by atoms with Crippen LogP contribution in [0.25, 0.3) is 28.4 Å². The number of aromatic nitrogens is 7. The van der Waals surface area contributed by atoms with Gasteiger partial charge in [0, 0.05) is 71.4 Å². The predicted molar refractivity (Wildman–Crippen MR) is 218 cm³/mol. The maximum atomic E-state index is 14.3. The summed E-state index contributed by atoms with van der Waals surface area (Å²) in [5.41, 5.74) is 8.79. The Morgan fingerprint density at radius 2 is 1.49 bits per heavy atom. The highest BCUT2D eigenvalue weighted by Crippen LogP contribution is 2.31. The van der Waals surface area contributed by atoms with Gasteiger partial charge in [0.2, 0.25) is 5.95 Å². The molecule has 2 aliphatic rings. The summed E-state index contributed by atoms with van der Waals surface area (Å²) in [6, 6.07) is 13.0. The fraction of sp³-hybridized carbons (Fsp3) is 0.459. The summed E-state index contributed by atoms with van der Waals surface area (Å²) in [4.78, 5) is 32.9. The Kier molecular flexibility index (Phi) is 10.8. The van der Waals surface area contributed by atoms with E-state index in [4.69, 9.17) is 44.5 Å². The molecule has 2 N–H and O–H groups in total. The molecule has 6 heterocycles. The number of pyridine rings is 1. The first-order valence-electron chi connectivity index (χ1n) is 18.2. The number of nitrogens with two attached hydrogens (primary N) is 1. The zero-order chi connectivity index (χ0) is 39.1. The molecule has 3 atom stereocenters. The fourth-order valence-corrected chi connectivity index (χ4v) is 8.61. The van der Waals surface area contributed by atoms with Crippen molar-refractivity contribution in [3.8, 4) is 17.3 Å². The molecule has 4 aromatic heterocycles. The summed E-state index contributed by atoms with van der Waals surface area (Å²) in [5, 5.41) is 0. The maximum absolute atomic E-state index is 14.3. The quantitative estimate of drug-likeness (QED) is 0.207. The summed E-state index contributed by atoms with van der Waals surface area (Å²) >= 11 is 0. The van der Waals surface area contributed by atoms with Crippen LogP contribution in [-0.2, 0) is 34.7 Å². The number of fused-ring (bicyclic) bond motifs is 1. The van der Waals surface area contributed by atoms with Crippen LogP contribution in [0.1, 0.15) is 45.0 Å². The molecule has 16 nitrogen and oxygen atoms in total. The van der Waals surface area contributed by atoms with E-state index in [2.05, 4.69) is 46.8 Å². The number of ether oxygens (including phenoxy) is 2. The molecule has 0 aliphatic carbocycles. The number of anilines is 3. The van der Waals surface area contributed by atoms with Crippen LogP contribution in [0.5, 0.6) is 0 Å². The van der Waals surface area contributed by atoms with Crippen LogP contribution in [0.2, 0.25) is 0 Å². The minimum atomic E-state index is -2.85. The minimum Gasteiger partial charge on any atom is -0.384 e. The van der Waals surface area contributed by atoms with E-state index in [0.717, 1.165) is 16.9 Å². The first-order valence-corrected chi connectivity index (χ1v) is 22.6. The van der Waals surface area contributed by atoms with E-state index >= 15 is 0 Å². The predicted octanol–water partition coefficient (Wildman–Crippen LogP) is 5.11. The number of imidazole rings is 1. The van der Waals surface area contributed by atoms with Crippen LogP contribution in [0.3, 0.4) is 0 Å². The van der Waals surface area contributed by atoms with E-state index in [1.807, 2.05) is 28.8 Å². The van der Waals surface area contributed by atoms with Gasteiger partial charge in [0.15, 0.2) is 17.5 Å². The largest absolute Gasteiger partial charge is 0.384 e. The maximum Gasteiger partial charge on any atom is 0.239 e. The van der Waals surface area contributed by atoms with Gasteiger partial charge in [0.25, 0.3) is 0 Å². The summed E-state index contributed by atoms with van der Waals surface area (Å²) in [7, 11) is -5.36. The number of rotatable bonds is 9. The third-order valence-electron chi connectivity index (χ3n) is 9.25. The second kappa shape index (κ2) is 15.4. The number of benzene rings is 1. The number of hydrogen-bond donors (Lipinski definition) is 1. The molecule has 0 saturated carbocycles. The van der Waals surface area contributed by atoms with Crippen molar-refractivity contribution in [2.75, 3.05) is 73.8 Å². The molecule has 1 aromatic carbocycles. The molecule has 0 radical (unpaired) electrons. The Labute approximate surface area is 322 Å². The molecule has 5 aromatic rings. The van der Waals surface area contributed by atoms with E-state index in [0.29, 0.717) is 91.5 Å². The van der Waals surface area contributed by atoms with Gasteiger partial charge < -0.3 is 25.0 Å². The third-order valence-corrected chi connectivity index (χ3v) is 11.3. The molecule has 2 saturated heterocycles. The van der Waals surface area contributed by atoms with E-state index in [9.17, 15) is 8.42 Å². The molecule has 0 bridgehead atoms. The lowest BCUT2D eigenvalue weighted by molar-refractivity contribution is 0.0985. The lowest BCUT2D eigenvalue weighted by Gasteiger charge is -2.34. The molecule has 0 amide bonds. The monoisotopic (exact) mass is 788 g/mol. The molecule has 292 valence electrons. The minimum absolute atomic E-state index is 0.00405. The van der Waals surface area contributed by atoms with Crippen molar-refractivity contribution in [1.82, 2.24) is 34.5 Å². The molecule has 0 spiro atoms. The Bertz CT molecular complexity index is 2460. The fourth-order valence-electron chi connectivity index (χ4n) is 6.72. The highest BCUT2D eigenvalue weighted by molar-refractivity contribution is 7.92. The smallest absolute Gasteiger partial charge is 0.239 e. The summed E-state index contributed by atoms with van der Waals surface area (Å²) in [5.74, 6) is 4.08. The summed E-state index contributed by atoms with van der Waals surface area (Å²) < 4.78 is 49.6. The first kappa shape index (κ1) is 38.5. The van der Waals surface area contributed by atoms with Gasteiger partial charge in [-0.3, -0.25) is 4.57 Å². The normalized spacial score (nSPS) is 19.1. The van der Waals surface area contributed by atoms with E-state index in [1.54, 1.807) is 43.2 Å². The van der Waals surface area contributed by atoms with Crippen molar-refractivity contribution in [2.45, 2.75) is 51.4 Å². The van der Waals surface area contributed by atoms with E-state index < -0.39 is 19.5 Å². The number of nitrogens with zero attached hydrogens (tertiary/aromatic N) is 11. The van der Waals surface area contributed by atoms with Gasteiger partial charge in [-0.1, -0.05) is 19.9 Å². The van der Waals surface area contributed by atoms with E-state index in [1.165, 1.54) is 0 Å². The van der Waals surface area contributed by atoms with Crippen molar-refractivity contribution in [3.05, 3.63) is 60.0 Å². The molecular weight excluding hydrogens is 741 g/mol. The molecule has 55 heavy (non-hydrogen) atoms. The molecule has 18 heteroatoms. The van der Waals surface area contributed by atoms with Crippen LogP contribution in [0.15, 0.2) is 57.4 Å². The SMILES string of the molecule is CC(C)c1nc2cc(CS(C)(=O)=Nc3cc(N4CCOC[C@H]4C)nc(-c4ccc(N)nc4)n3)ccc2n1-c1nc(N=S(C)(C)=O)cc(N2CCOC[C@H]2C)n1. The number of hydrogen-bond acceptors (Lipinski definition) is 15. The van der Waals surface area contributed by atoms with E-state index in [-0.39, 0.29) is 23.8 Å². The van der Waals surface area contributed by atoms with Gasteiger partial charge in [-0.2, -0.15) is 18.7 Å². The van der Waals surface area contributed by atoms with Crippen molar-refractivity contribution < 1.29 is 17.9 Å². The van der Waals surface area contributed by atoms with Gasteiger partial charge in [-0.05, 0) is 43.7 Å². The lowest BCUT2D eigenvalue weighted by Crippen LogP contribution is -2.44. The molecule has 2 fully saturated rings. The van der Waals surface area contributed by atoms with Gasteiger partial charge >= 0.3 is 0 Å². The van der Waals surface area contributed by atoms with Gasteiger partial charge in [-0.15, -0.1) is 0 Å². The summed E-state index contributed by atoms with van der Waals surface area (Å²) in [6.45, 7) is 11.8. The second-order valence-corrected chi connectivity index (χ2v) is 19.7. The van der Waals surface area contributed by atoms with Gasteiger partial charge in [0.05, 0.1) is 65.0 Å². The number of nitrogen functional groups attached to an aromatic ring is 1. The van der Waals surface area contributed by atoms with Crippen LogP contribution in [-0.4, -0.2) is 113 Å². The Balaban J connectivity index is 1.27. The third kappa shape index (κ3) is 8.87. The Morgan fingerprint density at radius 3 is 2.09 bits per heavy atom. The Hall–Kier alpha value is -4.78. The highest BCUT2D eigenvalue weighted by Gasteiger charge is 2.25. The first-order chi connectivity index (χ1) is 26.1. The molecular formula is C37H48N12O4S2. The second-order valence-electron chi connectivity index (χ2n) is 14.7. The van der Waals surface area contributed by atoms with Crippen molar-refractivity contribution >= 4 is 59.6 Å². The molecule has 7 rings (SSSR count).